The monoisotopic (exact) mass is 310 g/mol. The lowest BCUT2D eigenvalue weighted by molar-refractivity contribution is 0.369. The summed E-state index contributed by atoms with van der Waals surface area (Å²) in [6.45, 7) is 4.83. The molecule has 1 aromatic carbocycles. The lowest BCUT2D eigenvalue weighted by Gasteiger charge is -2.24. The molecule has 1 aliphatic carbocycles. The number of sulfonamides is 1. The number of hydrogen-bond donors (Lipinski definition) is 1. The predicted molar refractivity (Wildman–Crippen MR) is 85.6 cm³/mol. The first-order valence-electron chi connectivity index (χ1n) is 7.75. The van der Waals surface area contributed by atoms with Crippen molar-refractivity contribution < 1.29 is 8.42 Å². The van der Waals surface area contributed by atoms with E-state index in [0.29, 0.717) is 10.9 Å². The van der Waals surface area contributed by atoms with E-state index in [9.17, 15) is 8.42 Å². The van der Waals surface area contributed by atoms with Crippen LogP contribution in [-0.4, -0.2) is 31.9 Å². The predicted octanol–water partition coefficient (Wildman–Crippen LogP) is 2.75. The van der Waals surface area contributed by atoms with Crippen LogP contribution in [0.4, 0.5) is 0 Å². The van der Waals surface area contributed by atoms with Gasteiger partial charge in [-0.05, 0) is 43.9 Å². The van der Waals surface area contributed by atoms with Gasteiger partial charge in [-0.2, -0.15) is 4.31 Å². The lowest BCUT2D eigenvalue weighted by Crippen LogP contribution is -2.35. The molecule has 21 heavy (non-hydrogen) atoms. The van der Waals surface area contributed by atoms with Crippen LogP contribution in [0.2, 0.25) is 0 Å². The van der Waals surface area contributed by atoms with Crippen molar-refractivity contribution in [3.8, 4) is 0 Å². The van der Waals surface area contributed by atoms with Gasteiger partial charge in [0, 0.05) is 25.7 Å². The van der Waals surface area contributed by atoms with Crippen LogP contribution in [0, 0.1) is 0 Å². The van der Waals surface area contributed by atoms with E-state index in [4.69, 9.17) is 0 Å². The van der Waals surface area contributed by atoms with Crippen molar-refractivity contribution in [2.75, 3.05) is 7.05 Å². The van der Waals surface area contributed by atoms with Crippen molar-refractivity contribution >= 4 is 10.0 Å². The molecular weight excluding hydrogens is 284 g/mol. The molecule has 0 radical (unpaired) electrons. The Bertz CT molecular complexity index is 550. The van der Waals surface area contributed by atoms with Crippen LogP contribution in [0.15, 0.2) is 29.2 Å². The molecule has 1 saturated carbocycles. The highest BCUT2D eigenvalue weighted by molar-refractivity contribution is 7.89. The number of nitrogens with one attached hydrogen (secondary N) is 1. The summed E-state index contributed by atoms with van der Waals surface area (Å²) in [5.41, 5.74) is 1.13. The highest BCUT2D eigenvalue weighted by Gasteiger charge is 2.25. The lowest BCUT2D eigenvalue weighted by atomic mass is 10.2. The number of benzene rings is 1. The summed E-state index contributed by atoms with van der Waals surface area (Å²) < 4.78 is 26.6. The van der Waals surface area contributed by atoms with E-state index in [0.717, 1.165) is 24.9 Å². The van der Waals surface area contributed by atoms with Crippen LogP contribution in [-0.2, 0) is 16.6 Å². The topological polar surface area (TPSA) is 49.4 Å². The van der Waals surface area contributed by atoms with Gasteiger partial charge in [0.1, 0.15) is 0 Å². The maximum Gasteiger partial charge on any atom is 0.243 e. The molecule has 1 atom stereocenters. The number of nitrogens with zero attached hydrogens (tertiary/aromatic N) is 1. The van der Waals surface area contributed by atoms with Gasteiger partial charge in [0.15, 0.2) is 0 Å². The molecule has 118 valence electrons. The minimum Gasteiger partial charge on any atom is -0.310 e. The van der Waals surface area contributed by atoms with Crippen LogP contribution in [0.1, 0.15) is 45.1 Å². The molecule has 0 bridgehead atoms. The average Bonchev–Trinajstić information content (AvgIpc) is 3.29. The molecule has 1 fully saturated rings. The highest BCUT2D eigenvalue weighted by Crippen LogP contribution is 2.21. The van der Waals surface area contributed by atoms with E-state index in [1.165, 1.54) is 17.1 Å². The van der Waals surface area contributed by atoms with Crippen LogP contribution < -0.4 is 5.32 Å². The molecule has 1 unspecified atom stereocenters. The first-order chi connectivity index (χ1) is 9.95. The molecule has 0 amide bonds. The Kier molecular flexibility index (Phi) is 5.41. The second-order valence-electron chi connectivity index (χ2n) is 5.96. The minimum absolute atomic E-state index is 0.0243. The molecule has 0 aliphatic heterocycles. The molecule has 0 spiro atoms. The van der Waals surface area contributed by atoms with Crippen molar-refractivity contribution in [3.63, 3.8) is 0 Å². The van der Waals surface area contributed by atoms with Crippen LogP contribution in [0.25, 0.3) is 0 Å². The van der Waals surface area contributed by atoms with Crippen LogP contribution >= 0.6 is 0 Å². The van der Waals surface area contributed by atoms with Gasteiger partial charge in [0.2, 0.25) is 10.0 Å². The summed E-state index contributed by atoms with van der Waals surface area (Å²) in [6, 6.07) is 7.93. The van der Waals surface area contributed by atoms with E-state index in [1.54, 1.807) is 19.2 Å². The van der Waals surface area contributed by atoms with Crippen molar-refractivity contribution in [1.29, 1.82) is 0 Å². The van der Waals surface area contributed by atoms with Crippen molar-refractivity contribution in [1.82, 2.24) is 9.62 Å². The normalized spacial score (nSPS) is 17.1. The van der Waals surface area contributed by atoms with Gasteiger partial charge in [-0.15, -0.1) is 0 Å². The number of rotatable bonds is 8. The summed E-state index contributed by atoms with van der Waals surface area (Å²) in [6.07, 6.45) is 4.37. The summed E-state index contributed by atoms with van der Waals surface area (Å²) in [4.78, 5) is 0.378. The number of hydrogen-bond acceptors (Lipinski definition) is 3. The average molecular weight is 310 g/mol. The van der Waals surface area contributed by atoms with E-state index in [2.05, 4.69) is 12.2 Å². The largest absolute Gasteiger partial charge is 0.310 e. The Balaban J connectivity index is 2.04. The maximum atomic E-state index is 12.5. The first-order valence-corrected chi connectivity index (χ1v) is 9.19. The third-order valence-electron chi connectivity index (χ3n) is 4.10. The molecule has 0 saturated heterocycles. The molecule has 0 heterocycles. The summed E-state index contributed by atoms with van der Waals surface area (Å²) in [7, 11) is -1.72. The van der Waals surface area contributed by atoms with Gasteiger partial charge in [-0.1, -0.05) is 25.5 Å². The maximum absolute atomic E-state index is 12.5. The van der Waals surface area contributed by atoms with E-state index in [1.807, 2.05) is 19.1 Å². The zero-order valence-electron chi connectivity index (χ0n) is 13.2. The zero-order chi connectivity index (χ0) is 15.5. The summed E-state index contributed by atoms with van der Waals surface area (Å²) >= 11 is 0. The summed E-state index contributed by atoms with van der Waals surface area (Å²) in [5.74, 6) is 0. The van der Waals surface area contributed by atoms with Crippen molar-refractivity contribution in [2.24, 2.45) is 0 Å². The molecular formula is C16H26N2O2S. The second kappa shape index (κ2) is 6.90. The van der Waals surface area contributed by atoms with Gasteiger partial charge in [-0.25, -0.2) is 8.42 Å². The van der Waals surface area contributed by atoms with Gasteiger partial charge >= 0.3 is 0 Å². The molecule has 1 N–H and O–H groups in total. The fourth-order valence-corrected chi connectivity index (χ4v) is 3.72. The molecule has 1 aromatic rings. The molecule has 1 aliphatic rings. The van der Waals surface area contributed by atoms with Gasteiger partial charge < -0.3 is 5.32 Å². The Morgan fingerprint density at radius 2 is 1.90 bits per heavy atom. The third kappa shape index (κ3) is 4.28. The van der Waals surface area contributed by atoms with E-state index < -0.39 is 10.0 Å². The SMILES string of the molecule is CCCC(C)N(C)S(=O)(=O)c1ccc(CNC2CC2)cc1. The van der Waals surface area contributed by atoms with Crippen LogP contribution in [0.3, 0.4) is 0 Å². The third-order valence-corrected chi connectivity index (χ3v) is 6.09. The van der Waals surface area contributed by atoms with Gasteiger partial charge in [0.25, 0.3) is 0 Å². The second-order valence-corrected chi connectivity index (χ2v) is 7.96. The quantitative estimate of drug-likeness (QED) is 0.803. The van der Waals surface area contributed by atoms with Crippen molar-refractivity contribution in [2.45, 2.75) is 63.1 Å². The summed E-state index contributed by atoms with van der Waals surface area (Å²) in [5, 5.41) is 3.43. The van der Waals surface area contributed by atoms with E-state index in [-0.39, 0.29) is 6.04 Å². The zero-order valence-corrected chi connectivity index (χ0v) is 14.0. The van der Waals surface area contributed by atoms with Crippen molar-refractivity contribution in [3.05, 3.63) is 29.8 Å². The molecule has 2 rings (SSSR count). The Labute approximate surface area is 128 Å². The Hall–Kier alpha value is -0.910. The highest BCUT2D eigenvalue weighted by atomic mass is 32.2. The fourth-order valence-electron chi connectivity index (χ4n) is 2.33. The minimum atomic E-state index is -3.38. The molecule has 4 nitrogen and oxygen atoms in total. The van der Waals surface area contributed by atoms with E-state index >= 15 is 0 Å². The Morgan fingerprint density at radius 1 is 1.29 bits per heavy atom. The van der Waals surface area contributed by atoms with Gasteiger partial charge in [-0.3, -0.25) is 0 Å². The first kappa shape index (κ1) is 16.5. The smallest absolute Gasteiger partial charge is 0.243 e. The van der Waals surface area contributed by atoms with Gasteiger partial charge in [0.05, 0.1) is 4.90 Å². The fraction of sp³-hybridized carbons (Fsp3) is 0.625. The Morgan fingerprint density at radius 3 is 2.43 bits per heavy atom. The molecule has 5 heteroatoms. The standard InChI is InChI=1S/C16H26N2O2S/c1-4-5-13(2)18(3)21(19,20)16-10-6-14(7-11-16)12-17-15-8-9-15/h6-7,10-11,13,15,17H,4-5,8-9,12H2,1-3H3. The van der Waals surface area contributed by atoms with Crippen LogP contribution in [0.5, 0.6) is 0 Å². The molecule has 0 aromatic heterocycles.